The quantitative estimate of drug-likeness (QED) is 0.0261. The van der Waals surface area contributed by atoms with E-state index in [-0.39, 0.29) is 31.1 Å². The van der Waals surface area contributed by atoms with Gasteiger partial charge in [0.2, 0.25) is 0 Å². The fourth-order valence-corrected chi connectivity index (χ4v) is 7.97. The van der Waals surface area contributed by atoms with E-state index in [0.717, 1.165) is 154 Å². The lowest BCUT2D eigenvalue weighted by Gasteiger charge is -2.18. The number of rotatable bonds is 53. The van der Waals surface area contributed by atoms with Gasteiger partial charge in [-0.2, -0.15) is 0 Å². The highest BCUT2D eigenvalue weighted by atomic mass is 16.6. The van der Waals surface area contributed by atoms with Crippen molar-refractivity contribution in [2.24, 2.45) is 0 Å². The second-order valence-corrected chi connectivity index (χ2v) is 19.5. The van der Waals surface area contributed by atoms with E-state index in [1.807, 2.05) is 0 Å². The van der Waals surface area contributed by atoms with Gasteiger partial charge in [0, 0.05) is 19.3 Å². The van der Waals surface area contributed by atoms with E-state index in [2.05, 4.69) is 142 Å². The van der Waals surface area contributed by atoms with Crippen LogP contribution < -0.4 is 0 Å². The predicted molar refractivity (Wildman–Crippen MR) is 316 cm³/mol. The average molecular weight is 1010 g/mol. The highest BCUT2D eigenvalue weighted by Crippen LogP contribution is 2.15. The molecular formula is C67H110O6. The number of carbonyl (C=O) groups excluding carboxylic acids is 3. The lowest BCUT2D eigenvalue weighted by molar-refractivity contribution is -0.167. The van der Waals surface area contributed by atoms with Crippen LogP contribution in [0.2, 0.25) is 0 Å². The fraction of sp³-hybridized carbons (Fsp3) is 0.657. The minimum Gasteiger partial charge on any atom is -0.462 e. The van der Waals surface area contributed by atoms with Crippen molar-refractivity contribution in [1.29, 1.82) is 0 Å². The van der Waals surface area contributed by atoms with Crippen LogP contribution in [-0.2, 0) is 28.6 Å². The Bertz CT molecular complexity index is 1540. The maximum atomic E-state index is 12.8. The molecule has 0 aromatic carbocycles. The zero-order valence-electron chi connectivity index (χ0n) is 47.4. The number of esters is 3. The smallest absolute Gasteiger partial charge is 0.306 e. The first-order chi connectivity index (χ1) is 36.0. The van der Waals surface area contributed by atoms with Crippen LogP contribution in [0.4, 0.5) is 0 Å². The van der Waals surface area contributed by atoms with E-state index in [1.54, 1.807) is 0 Å². The molecule has 0 fully saturated rings. The van der Waals surface area contributed by atoms with Gasteiger partial charge in [-0.15, -0.1) is 0 Å². The Balaban J connectivity index is 4.35. The molecule has 0 heterocycles. The summed E-state index contributed by atoms with van der Waals surface area (Å²) in [4.78, 5) is 38.1. The number of hydrogen-bond acceptors (Lipinski definition) is 6. The second-order valence-electron chi connectivity index (χ2n) is 19.5. The molecule has 414 valence electrons. The van der Waals surface area contributed by atoms with E-state index in [4.69, 9.17) is 14.2 Å². The molecule has 6 heteroatoms. The van der Waals surface area contributed by atoms with E-state index >= 15 is 0 Å². The summed E-state index contributed by atoms with van der Waals surface area (Å²) >= 11 is 0. The number of unbranched alkanes of at least 4 members (excludes halogenated alkanes) is 22. The van der Waals surface area contributed by atoms with Gasteiger partial charge in [-0.25, -0.2) is 0 Å². The van der Waals surface area contributed by atoms with Crippen molar-refractivity contribution in [3.63, 3.8) is 0 Å². The van der Waals surface area contributed by atoms with Gasteiger partial charge in [-0.1, -0.05) is 258 Å². The molecule has 0 aliphatic carbocycles. The highest BCUT2D eigenvalue weighted by Gasteiger charge is 2.19. The summed E-state index contributed by atoms with van der Waals surface area (Å²) in [5.41, 5.74) is 0. The average Bonchev–Trinajstić information content (AvgIpc) is 3.39. The van der Waals surface area contributed by atoms with Crippen LogP contribution in [0.5, 0.6) is 0 Å². The Hall–Kier alpha value is -4.19. The van der Waals surface area contributed by atoms with Crippen molar-refractivity contribution in [2.45, 2.75) is 271 Å². The van der Waals surface area contributed by atoms with Crippen molar-refractivity contribution in [3.8, 4) is 0 Å². The summed E-state index contributed by atoms with van der Waals surface area (Å²) in [6.45, 7) is 6.43. The molecule has 0 aliphatic heterocycles. The Morgan fingerprint density at radius 2 is 0.562 bits per heavy atom. The maximum absolute atomic E-state index is 12.8. The minimum atomic E-state index is -0.797. The third-order valence-electron chi connectivity index (χ3n) is 12.4. The third kappa shape index (κ3) is 58.6. The van der Waals surface area contributed by atoms with Crippen LogP contribution in [0.15, 0.2) is 122 Å². The monoisotopic (exact) mass is 1010 g/mol. The third-order valence-corrected chi connectivity index (χ3v) is 12.4. The van der Waals surface area contributed by atoms with Gasteiger partial charge < -0.3 is 14.2 Å². The molecule has 0 bridgehead atoms. The van der Waals surface area contributed by atoms with Crippen molar-refractivity contribution in [1.82, 2.24) is 0 Å². The largest absolute Gasteiger partial charge is 0.462 e. The molecule has 0 N–H and O–H groups in total. The first-order valence-corrected chi connectivity index (χ1v) is 30.0. The molecule has 0 saturated carbocycles. The first-order valence-electron chi connectivity index (χ1n) is 30.0. The summed E-state index contributed by atoms with van der Waals surface area (Å²) in [5, 5.41) is 0. The van der Waals surface area contributed by atoms with Crippen LogP contribution in [0.25, 0.3) is 0 Å². The lowest BCUT2D eigenvalue weighted by Crippen LogP contribution is -2.30. The zero-order chi connectivity index (χ0) is 52.9. The van der Waals surface area contributed by atoms with Gasteiger partial charge in [-0.05, 0) is 109 Å². The molecule has 0 aromatic heterocycles. The van der Waals surface area contributed by atoms with Crippen molar-refractivity contribution in [2.75, 3.05) is 13.2 Å². The number of carbonyl (C=O) groups is 3. The van der Waals surface area contributed by atoms with Crippen LogP contribution in [-0.4, -0.2) is 37.2 Å². The molecule has 1 unspecified atom stereocenters. The highest BCUT2D eigenvalue weighted by molar-refractivity contribution is 5.71. The van der Waals surface area contributed by atoms with Gasteiger partial charge in [0.25, 0.3) is 0 Å². The van der Waals surface area contributed by atoms with Gasteiger partial charge >= 0.3 is 17.9 Å². The molecule has 1 atom stereocenters. The van der Waals surface area contributed by atoms with Crippen molar-refractivity contribution in [3.05, 3.63) is 122 Å². The predicted octanol–water partition coefficient (Wildman–Crippen LogP) is 20.4. The number of hydrogen-bond donors (Lipinski definition) is 0. The summed E-state index contributed by atoms with van der Waals surface area (Å²) in [6, 6.07) is 0. The Labute approximate surface area is 450 Å². The summed E-state index contributed by atoms with van der Waals surface area (Å²) in [6.07, 6.45) is 83.4. The van der Waals surface area contributed by atoms with Gasteiger partial charge in [0.05, 0.1) is 0 Å². The molecular weight excluding hydrogens is 901 g/mol. The number of ether oxygens (including phenoxy) is 3. The van der Waals surface area contributed by atoms with Crippen LogP contribution in [0, 0.1) is 0 Å². The van der Waals surface area contributed by atoms with E-state index in [0.29, 0.717) is 19.3 Å². The molecule has 0 amide bonds. The summed E-state index contributed by atoms with van der Waals surface area (Å²) < 4.78 is 16.8. The molecule has 0 radical (unpaired) electrons. The SMILES string of the molecule is CC/C=C\C/C=C\C/C=C\C/C=C\C/C=C\C/C=C\C/C=C\C/C=C\CCCCCCC(=O)OCC(COC(=O)CCCCCCCCCCCCCCC)OC(=O)CCCCCCC/C=C\C/C=C\CCC. The summed E-state index contributed by atoms with van der Waals surface area (Å²) in [7, 11) is 0. The minimum absolute atomic E-state index is 0.0923. The Morgan fingerprint density at radius 3 is 0.890 bits per heavy atom. The molecule has 6 nitrogen and oxygen atoms in total. The van der Waals surface area contributed by atoms with Crippen LogP contribution in [0.3, 0.4) is 0 Å². The van der Waals surface area contributed by atoms with E-state index in [1.165, 1.54) is 70.6 Å². The van der Waals surface area contributed by atoms with Crippen molar-refractivity contribution >= 4 is 17.9 Å². The molecule has 0 rings (SSSR count). The molecule has 0 saturated heterocycles. The molecule has 0 aliphatic rings. The van der Waals surface area contributed by atoms with Gasteiger partial charge in [-0.3, -0.25) is 14.4 Å². The van der Waals surface area contributed by atoms with Gasteiger partial charge in [0.1, 0.15) is 13.2 Å². The molecule has 73 heavy (non-hydrogen) atoms. The second kappa shape index (κ2) is 60.4. The molecule has 0 aromatic rings. The van der Waals surface area contributed by atoms with Gasteiger partial charge in [0.15, 0.2) is 6.10 Å². The fourth-order valence-electron chi connectivity index (χ4n) is 7.97. The zero-order valence-corrected chi connectivity index (χ0v) is 47.4. The van der Waals surface area contributed by atoms with E-state index < -0.39 is 6.10 Å². The van der Waals surface area contributed by atoms with Crippen molar-refractivity contribution < 1.29 is 28.6 Å². The number of allylic oxidation sites excluding steroid dienone is 20. The Kier molecular flexibility index (Phi) is 56.9. The Morgan fingerprint density at radius 1 is 0.288 bits per heavy atom. The standard InChI is InChI=1S/C67H110O6/c1-4-7-10-13-16-19-22-25-26-27-28-29-30-31-32-33-34-35-36-37-38-39-40-43-45-48-51-54-57-60-66(69)72-63-64(73-67(70)61-58-55-52-49-46-42-24-21-18-15-12-9-6-3)62-71-65(68)59-56-53-50-47-44-41-23-20-17-14-11-8-5-2/h7,10,12,15-16,19,21,24-26,28-29,31-32,34-35,37-38,40,43,64H,4-6,8-9,11,13-14,17-18,20,22-23,27,30,33,36,39,41-42,44-63H2,1-3H3/b10-7-,15-12-,19-16-,24-21-,26-25-,29-28-,32-31-,35-34-,38-37-,43-40-. The topological polar surface area (TPSA) is 78.9 Å². The van der Waals surface area contributed by atoms with Crippen LogP contribution in [0.1, 0.15) is 265 Å². The lowest BCUT2D eigenvalue weighted by atomic mass is 10.0. The van der Waals surface area contributed by atoms with Crippen LogP contribution >= 0.6 is 0 Å². The maximum Gasteiger partial charge on any atom is 0.306 e. The normalized spacial score (nSPS) is 13.0. The first kappa shape index (κ1) is 68.8. The molecule has 0 spiro atoms. The van der Waals surface area contributed by atoms with E-state index in [9.17, 15) is 14.4 Å². The summed E-state index contributed by atoms with van der Waals surface area (Å²) in [5.74, 6) is -0.932.